The smallest absolute Gasteiger partial charge is 0.0439 e. The van der Waals surface area contributed by atoms with Crippen LogP contribution in [0.25, 0.3) is 5.57 Å². The fourth-order valence-electron chi connectivity index (χ4n) is 1.84. The summed E-state index contributed by atoms with van der Waals surface area (Å²) in [6.07, 6.45) is 12.2. The SMILES string of the molecule is C=CC/C(=C/C(=C)/C(C)=C/C(=C\C)c1ccncc1)N=C.CC. The summed E-state index contributed by atoms with van der Waals surface area (Å²) in [6, 6.07) is 3.98. The van der Waals surface area contributed by atoms with Crippen molar-refractivity contribution in [2.24, 2.45) is 4.99 Å². The molecule has 0 bridgehead atoms. The second-order valence-corrected chi connectivity index (χ2v) is 4.62. The van der Waals surface area contributed by atoms with Crippen molar-refractivity contribution in [3.63, 3.8) is 0 Å². The molecule has 0 saturated heterocycles. The first-order valence-electron chi connectivity index (χ1n) is 7.84. The van der Waals surface area contributed by atoms with Gasteiger partial charge >= 0.3 is 0 Å². The summed E-state index contributed by atoms with van der Waals surface area (Å²) in [4.78, 5) is 8.03. The third-order valence-electron chi connectivity index (χ3n) is 3.10. The average molecular weight is 308 g/mol. The molecule has 0 spiro atoms. The lowest BCUT2D eigenvalue weighted by atomic mass is 10.0. The summed E-state index contributed by atoms with van der Waals surface area (Å²) in [5, 5.41) is 0. The van der Waals surface area contributed by atoms with E-state index in [2.05, 4.69) is 42.0 Å². The van der Waals surface area contributed by atoms with E-state index < -0.39 is 0 Å². The average Bonchev–Trinajstić information content (AvgIpc) is 2.61. The van der Waals surface area contributed by atoms with Gasteiger partial charge in [-0.15, -0.1) is 6.58 Å². The molecular weight excluding hydrogens is 280 g/mol. The molecule has 1 rings (SSSR count). The van der Waals surface area contributed by atoms with E-state index in [0.29, 0.717) is 6.42 Å². The first kappa shape index (κ1) is 20.5. The number of pyridine rings is 1. The van der Waals surface area contributed by atoms with Crippen molar-refractivity contribution >= 4 is 12.3 Å². The molecule has 0 N–H and O–H groups in total. The van der Waals surface area contributed by atoms with Gasteiger partial charge in [0.25, 0.3) is 0 Å². The van der Waals surface area contributed by atoms with Crippen LogP contribution in [0.5, 0.6) is 0 Å². The molecule has 2 heteroatoms. The largest absolute Gasteiger partial charge is 0.269 e. The maximum Gasteiger partial charge on any atom is 0.0439 e. The minimum atomic E-state index is 0.691. The monoisotopic (exact) mass is 308 g/mol. The normalized spacial score (nSPS) is 12.1. The van der Waals surface area contributed by atoms with Gasteiger partial charge in [-0.05, 0) is 61.1 Å². The zero-order valence-corrected chi connectivity index (χ0v) is 14.8. The molecule has 0 aromatic carbocycles. The van der Waals surface area contributed by atoms with E-state index in [1.54, 1.807) is 18.5 Å². The highest BCUT2D eigenvalue weighted by atomic mass is 14.7. The number of aromatic nitrogens is 1. The zero-order chi connectivity index (χ0) is 17.7. The first-order valence-corrected chi connectivity index (χ1v) is 7.84. The van der Waals surface area contributed by atoms with E-state index in [1.807, 2.05) is 45.9 Å². The highest BCUT2D eigenvalue weighted by molar-refractivity contribution is 5.75. The van der Waals surface area contributed by atoms with Crippen molar-refractivity contribution in [1.29, 1.82) is 0 Å². The van der Waals surface area contributed by atoms with Gasteiger partial charge in [0.2, 0.25) is 0 Å². The Kier molecular flexibility index (Phi) is 10.8. The summed E-state index contributed by atoms with van der Waals surface area (Å²) < 4.78 is 0. The Morgan fingerprint density at radius 1 is 1.22 bits per heavy atom. The lowest BCUT2D eigenvalue weighted by Crippen LogP contribution is -1.87. The van der Waals surface area contributed by atoms with E-state index in [4.69, 9.17) is 0 Å². The van der Waals surface area contributed by atoms with Crippen molar-refractivity contribution in [3.8, 4) is 0 Å². The summed E-state index contributed by atoms with van der Waals surface area (Å²) >= 11 is 0. The van der Waals surface area contributed by atoms with Crippen molar-refractivity contribution < 1.29 is 0 Å². The summed E-state index contributed by atoms with van der Waals surface area (Å²) in [5.74, 6) is 0. The summed E-state index contributed by atoms with van der Waals surface area (Å²) in [6.45, 7) is 19.4. The third kappa shape index (κ3) is 7.37. The van der Waals surface area contributed by atoms with Crippen LogP contribution in [-0.2, 0) is 0 Å². The maximum absolute atomic E-state index is 4.10. The topological polar surface area (TPSA) is 25.2 Å². The molecule has 2 nitrogen and oxygen atoms in total. The molecule has 23 heavy (non-hydrogen) atoms. The fourth-order valence-corrected chi connectivity index (χ4v) is 1.84. The van der Waals surface area contributed by atoms with Crippen LogP contribution < -0.4 is 0 Å². The van der Waals surface area contributed by atoms with E-state index in [-0.39, 0.29) is 0 Å². The van der Waals surface area contributed by atoms with Crippen LogP contribution in [0.3, 0.4) is 0 Å². The van der Waals surface area contributed by atoms with Gasteiger partial charge in [0.15, 0.2) is 0 Å². The predicted octanol–water partition coefficient (Wildman–Crippen LogP) is 6.17. The van der Waals surface area contributed by atoms with Gasteiger partial charge in [0.05, 0.1) is 0 Å². The Bertz CT molecular complexity index is 602. The molecule has 0 aliphatic rings. The molecule has 1 heterocycles. The minimum absolute atomic E-state index is 0.691. The van der Waals surface area contributed by atoms with Crippen LogP contribution in [0.4, 0.5) is 0 Å². The van der Waals surface area contributed by atoms with Crippen LogP contribution in [0.1, 0.15) is 39.7 Å². The first-order chi connectivity index (χ1) is 11.1. The molecule has 0 atom stereocenters. The Balaban J connectivity index is 0.00000232. The van der Waals surface area contributed by atoms with Crippen molar-refractivity contribution in [3.05, 3.63) is 84.4 Å². The number of hydrogen-bond donors (Lipinski definition) is 0. The highest BCUT2D eigenvalue weighted by Crippen LogP contribution is 2.21. The molecule has 0 aliphatic carbocycles. The molecule has 0 amide bonds. The number of allylic oxidation sites excluding steroid dienone is 7. The van der Waals surface area contributed by atoms with Crippen LogP contribution in [0.2, 0.25) is 0 Å². The van der Waals surface area contributed by atoms with Crippen molar-refractivity contribution in [2.75, 3.05) is 0 Å². The molecule has 1 aromatic heterocycles. The van der Waals surface area contributed by atoms with E-state index in [0.717, 1.165) is 28.0 Å². The van der Waals surface area contributed by atoms with E-state index in [1.165, 1.54) is 0 Å². The number of aliphatic imine (C=N–C) groups is 1. The van der Waals surface area contributed by atoms with Gasteiger partial charge in [-0.3, -0.25) is 9.98 Å². The Morgan fingerprint density at radius 3 is 2.30 bits per heavy atom. The van der Waals surface area contributed by atoms with Crippen LogP contribution >= 0.6 is 0 Å². The number of nitrogens with zero attached hydrogens (tertiary/aromatic N) is 2. The van der Waals surface area contributed by atoms with Crippen molar-refractivity contribution in [1.82, 2.24) is 4.98 Å². The molecule has 0 aliphatic heterocycles. The van der Waals surface area contributed by atoms with Gasteiger partial charge in [-0.25, -0.2) is 0 Å². The van der Waals surface area contributed by atoms with Crippen LogP contribution in [0.15, 0.2) is 83.8 Å². The summed E-state index contributed by atoms with van der Waals surface area (Å²) in [7, 11) is 0. The second-order valence-electron chi connectivity index (χ2n) is 4.62. The zero-order valence-electron chi connectivity index (χ0n) is 14.8. The maximum atomic E-state index is 4.10. The summed E-state index contributed by atoms with van der Waals surface area (Å²) in [5.41, 5.74) is 5.16. The lowest BCUT2D eigenvalue weighted by Gasteiger charge is -2.06. The van der Waals surface area contributed by atoms with Gasteiger partial charge in [0, 0.05) is 24.5 Å². The van der Waals surface area contributed by atoms with Crippen LogP contribution in [-0.4, -0.2) is 11.7 Å². The Hall–Kier alpha value is -2.48. The van der Waals surface area contributed by atoms with E-state index >= 15 is 0 Å². The molecule has 1 aromatic rings. The third-order valence-corrected chi connectivity index (χ3v) is 3.10. The van der Waals surface area contributed by atoms with Gasteiger partial charge in [0.1, 0.15) is 0 Å². The number of rotatable bonds is 7. The van der Waals surface area contributed by atoms with Gasteiger partial charge < -0.3 is 0 Å². The molecule has 122 valence electrons. The quantitative estimate of drug-likeness (QED) is 0.336. The van der Waals surface area contributed by atoms with Gasteiger partial charge in [-0.1, -0.05) is 38.7 Å². The molecule has 0 radical (unpaired) electrons. The van der Waals surface area contributed by atoms with Gasteiger partial charge in [-0.2, -0.15) is 0 Å². The van der Waals surface area contributed by atoms with Crippen LogP contribution in [0, 0.1) is 0 Å². The Labute approximate surface area is 141 Å². The highest BCUT2D eigenvalue weighted by Gasteiger charge is 2.01. The molecule has 0 fully saturated rings. The standard InChI is InChI=1S/C19H22N2.C2H6/c1-6-8-19(20-5)14-16(4)15(3)13-17(7-2)18-9-11-21-12-10-18;1-2/h6-7,9-14H,1,4-5,8H2,2-3H3;1-2H3/b15-13+,17-7+,19-14-;. The molecule has 0 saturated carbocycles. The van der Waals surface area contributed by atoms with Crippen molar-refractivity contribution in [2.45, 2.75) is 34.1 Å². The number of hydrogen-bond acceptors (Lipinski definition) is 2. The second kappa shape index (κ2) is 12.1. The fraction of sp³-hybridized carbons (Fsp3) is 0.238. The minimum Gasteiger partial charge on any atom is -0.269 e. The lowest BCUT2D eigenvalue weighted by molar-refractivity contribution is 1.17. The molecular formula is C21H28N2. The Morgan fingerprint density at radius 2 is 1.83 bits per heavy atom. The predicted molar refractivity (Wildman–Crippen MR) is 105 cm³/mol. The molecule has 0 unspecified atom stereocenters. The van der Waals surface area contributed by atoms with E-state index in [9.17, 15) is 0 Å².